The van der Waals surface area contributed by atoms with Crippen molar-refractivity contribution in [3.8, 4) is 0 Å². The molecule has 2 rings (SSSR count). The number of imidazole rings is 1. The molecule has 0 aliphatic heterocycles. The molecule has 0 fully saturated rings. The van der Waals surface area contributed by atoms with Crippen molar-refractivity contribution >= 4 is 35.8 Å². The molecule has 0 radical (unpaired) electrons. The highest BCUT2D eigenvalue weighted by molar-refractivity contribution is 6.30. The number of nitrogens with zero attached hydrogens (tertiary/aromatic N) is 2. The molecule has 0 saturated carbocycles. The van der Waals surface area contributed by atoms with E-state index in [0.717, 1.165) is 5.56 Å². The van der Waals surface area contributed by atoms with E-state index in [0.29, 0.717) is 10.8 Å². The number of carbonyl (C=O) groups is 2. The SMILES string of the molecule is CC(C)[C@H](N)C(=O)NCC(=O)NC(c1ccc(Cl)cc1)c1nccn1C.Cl. The van der Waals surface area contributed by atoms with Gasteiger partial charge in [0.15, 0.2) is 0 Å². The van der Waals surface area contributed by atoms with Crippen LogP contribution < -0.4 is 16.4 Å². The average molecular weight is 414 g/mol. The van der Waals surface area contributed by atoms with Gasteiger partial charge < -0.3 is 20.9 Å². The summed E-state index contributed by atoms with van der Waals surface area (Å²) in [4.78, 5) is 28.6. The van der Waals surface area contributed by atoms with Crippen LogP contribution in [0.25, 0.3) is 0 Å². The summed E-state index contributed by atoms with van der Waals surface area (Å²) in [7, 11) is 1.85. The second-order valence-corrected chi connectivity index (χ2v) is 6.87. The predicted molar refractivity (Wildman–Crippen MR) is 108 cm³/mol. The number of halogens is 2. The number of nitrogens with two attached hydrogens (primary N) is 1. The van der Waals surface area contributed by atoms with E-state index in [4.69, 9.17) is 17.3 Å². The number of nitrogens with one attached hydrogen (secondary N) is 2. The first kappa shape index (κ1) is 23.0. The van der Waals surface area contributed by atoms with E-state index in [1.165, 1.54) is 0 Å². The third-order valence-corrected chi connectivity index (χ3v) is 4.32. The number of aromatic nitrogens is 2. The van der Waals surface area contributed by atoms with Crippen molar-refractivity contribution in [3.05, 3.63) is 53.1 Å². The smallest absolute Gasteiger partial charge is 0.240 e. The first-order valence-corrected chi connectivity index (χ1v) is 8.72. The minimum atomic E-state index is -0.649. The molecule has 0 aliphatic rings. The quantitative estimate of drug-likeness (QED) is 0.643. The van der Waals surface area contributed by atoms with Crippen molar-refractivity contribution in [2.45, 2.75) is 25.9 Å². The van der Waals surface area contributed by atoms with Crippen LogP contribution in [-0.4, -0.2) is 34.0 Å². The van der Waals surface area contributed by atoms with Crippen LogP contribution in [0.2, 0.25) is 5.02 Å². The number of aryl methyl sites for hydroxylation is 1. The first-order chi connectivity index (χ1) is 12.3. The molecule has 1 aromatic heterocycles. The van der Waals surface area contributed by atoms with E-state index >= 15 is 0 Å². The molecular weight excluding hydrogens is 389 g/mol. The van der Waals surface area contributed by atoms with Gasteiger partial charge in [-0.25, -0.2) is 4.98 Å². The highest BCUT2D eigenvalue weighted by atomic mass is 35.5. The maximum atomic E-state index is 12.4. The highest BCUT2D eigenvalue weighted by Crippen LogP contribution is 2.22. The summed E-state index contributed by atoms with van der Waals surface area (Å²) in [5.74, 6) is -0.0224. The molecule has 0 bridgehead atoms. The zero-order chi connectivity index (χ0) is 19.3. The summed E-state index contributed by atoms with van der Waals surface area (Å²) in [6.45, 7) is 3.54. The van der Waals surface area contributed by atoms with Gasteiger partial charge in [0.2, 0.25) is 11.8 Å². The molecule has 27 heavy (non-hydrogen) atoms. The fraction of sp³-hybridized carbons (Fsp3) is 0.389. The fourth-order valence-electron chi connectivity index (χ4n) is 2.41. The zero-order valence-electron chi connectivity index (χ0n) is 15.5. The summed E-state index contributed by atoms with van der Waals surface area (Å²) in [6, 6.07) is 6.05. The Hall–Kier alpha value is -2.09. The van der Waals surface area contributed by atoms with Gasteiger partial charge in [-0.3, -0.25) is 9.59 Å². The lowest BCUT2D eigenvalue weighted by Gasteiger charge is -2.20. The molecule has 2 atom stereocenters. The number of hydrogen-bond acceptors (Lipinski definition) is 4. The van der Waals surface area contributed by atoms with Gasteiger partial charge in [0.1, 0.15) is 11.9 Å². The second-order valence-electron chi connectivity index (χ2n) is 6.44. The van der Waals surface area contributed by atoms with Crippen molar-refractivity contribution in [2.24, 2.45) is 18.7 Å². The molecule has 0 aliphatic carbocycles. The maximum Gasteiger partial charge on any atom is 0.240 e. The molecule has 0 spiro atoms. The maximum absolute atomic E-state index is 12.4. The van der Waals surface area contributed by atoms with Crippen LogP contribution in [0, 0.1) is 5.92 Å². The number of hydrogen-bond donors (Lipinski definition) is 3. The van der Waals surface area contributed by atoms with E-state index in [1.807, 2.05) is 37.6 Å². The van der Waals surface area contributed by atoms with Gasteiger partial charge in [0, 0.05) is 24.5 Å². The largest absolute Gasteiger partial charge is 0.346 e. The van der Waals surface area contributed by atoms with E-state index in [9.17, 15) is 9.59 Å². The lowest BCUT2D eigenvalue weighted by Crippen LogP contribution is -2.47. The van der Waals surface area contributed by atoms with Gasteiger partial charge in [-0.2, -0.15) is 0 Å². The summed E-state index contributed by atoms with van der Waals surface area (Å²) < 4.78 is 1.83. The van der Waals surface area contributed by atoms with Gasteiger partial charge in [0.25, 0.3) is 0 Å². The van der Waals surface area contributed by atoms with E-state index in [-0.39, 0.29) is 36.7 Å². The Bertz CT molecular complexity index is 761. The second kappa shape index (κ2) is 10.3. The molecule has 2 aromatic rings. The van der Waals surface area contributed by atoms with Crippen LogP contribution in [-0.2, 0) is 16.6 Å². The number of benzene rings is 1. The van der Waals surface area contributed by atoms with Crippen LogP contribution in [0.15, 0.2) is 36.7 Å². The van der Waals surface area contributed by atoms with Crippen molar-refractivity contribution in [1.82, 2.24) is 20.2 Å². The van der Waals surface area contributed by atoms with Gasteiger partial charge in [-0.05, 0) is 23.6 Å². The normalized spacial score (nSPS) is 12.8. The van der Waals surface area contributed by atoms with E-state index in [1.54, 1.807) is 24.5 Å². The zero-order valence-corrected chi connectivity index (χ0v) is 17.1. The Labute approximate surface area is 170 Å². The minimum absolute atomic E-state index is 0. The van der Waals surface area contributed by atoms with Gasteiger partial charge in [-0.1, -0.05) is 37.6 Å². The van der Waals surface area contributed by atoms with Crippen molar-refractivity contribution in [3.63, 3.8) is 0 Å². The summed E-state index contributed by atoms with van der Waals surface area (Å²) in [6.07, 6.45) is 3.46. The number of carbonyl (C=O) groups excluding carboxylic acids is 2. The predicted octanol–water partition coefficient (Wildman–Crippen LogP) is 1.80. The topological polar surface area (TPSA) is 102 Å². The highest BCUT2D eigenvalue weighted by Gasteiger charge is 2.22. The molecule has 148 valence electrons. The van der Waals surface area contributed by atoms with Gasteiger partial charge >= 0.3 is 0 Å². The molecule has 2 amide bonds. The van der Waals surface area contributed by atoms with Crippen molar-refractivity contribution in [1.29, 1.82) is 0 Å². The Morgan fingerprint density at radius 1 is 1.26 bits per heavy atom. The van der Waals surface area contributed by atoms with Crippen molar-refractivity contribution < 1.29 is 9.59 Å². The van der Waals surface area contributed by atoms with Crippen LogP contribution in [0.5, 0.6) is 0 Å². The number of rotatable bonds is 7. The summed E-state index contributed by atoms with van der Waals surface area (Å²) in [5, 5.41) is 6.07. The summed E-state index contributed by atoms with van der Waals surface area (Å²) in [5.41, 5.74) is 6.62. The van der Waals surface area contributed by atoms with Crippen LogP contribution in [0.4, 0.5) is 0 Å². The Kier molecular flexibility index (Phi) is 8.75. The van der Waals surface area contributed by atoms with Gasteiger partial charge in [0.05, 0.1) is 12.6 Å². The van der Waals surface area contributed by atoms with E-state index < -0.39 is 12.1 Å². The Morgan fingerprint density at radius 3 is 2.41 bits per heavy atom. The standard InChI is InChI=1S/C18H24ClN5O2.ClH/c1-11(2)15(20)18(26)22-10-14(25)23-16(17-21-8-9-24(17)3)12-4-6-13(19)7-5-12;/h4-9,11,15-16H,10,20H2,1-3H3,(H,22,26)(H,23,25);1H/t15-,16?;/m0./s1. The third kappa shape index (κ3) is 6.23. The summed E-state index contributed by atoms with van der Waals surface area (Å²) >= 11 is 5.95. The third-order valence-electron chi connectivity index (χ3n) is 4.07. The van der Waals surface area contributed by atoms with Gasteiger partial charge in [-0.15, -0.1) is 12.4 Å². The lowest BCUT2D eigenvalue weighted by molar-refractivity contribution is -0.127. The molecule has 4 N–H and O–H groups in total. The molecule has 0 saturated heterocycles. The molecule has 7 nitrogen and oxygen atoms in total. The Morgan fingerprint density at radius 2 is 1.89 bits per heavy atom. The van der Waals surface area contributed by atoms with Crippen LogP contribution in [0.1, 0.15) is 31.3 Å². The average Bonchev–Trinajstić information content (AvgIpc) is 3.03. The molecular formula is C18H25Cl2N5O2. The molecule has 1 unspecified atom stereocenters. The minimum Gasteiger partial charge on any atom is -0.346 e. The lowest BCUT2D eigenvalue weighted by atomic mass is 10.0. The van der Waals surface area contributed by atoms with Crippen molar-refractivity contribution in [2.75, 3.05) is 6.54 Å². The first-order valence-electron chi connectivity index (χ1n) is 8.35. The fourth-order valence-corrected chi connectivity index (χ4v) is 2.53. The molecule has 1 aromatic carbocycles. The number of amides is 2. The Balaban J connectivity index is 0.00000364. The van der Waals surface area contributed by atoms with Crippen LogP contribution >= 0.6 is 24.0 Å². The van der Waals surface area contributed by atoms with E-state index in [2.05, 4.69) is 15.6 Å². The molecule has 1 heterocycles. The van der Waals surface area contributed by atoms with Crippen LogP contribution in [0.3, 0.4) is 0 Å². The monoisotopic (exact) mass is 413 g/mol. The molecule has 9 heteroatoms.